The van der Waals surface area contributed by atoms with Gasteiger partial charge in [0.1, 0.15) is 11.6 Å². The van der Waals surface area contributed by atoms with Crippen LogP contribution in [0.1, 0.15) is 42.6 Å². The van der Waals surface area contributed by atoms with E-state index in [4.69, 9.17) is 0 Å². The number of hydrogen-bond acceptors (Lipinski definition) is 4. The highest BCUT2D eigenvalue weighted by atomic mass is 32.2. The molecule has 33 heavy (non-hydrogen) atoms. The van der Waals surface area contributed by atoms with Crippen LogP contribution in [-0.4, -0.2) is 41.3 Å². The van der Waals surface area contributed by atoms with Gasteiger partial charge in [0.15, 0.2) is 0 Å². The predicted molar refractivity (Wildman–Crippen MR) is 125 cm³/mol. The summed E-state index contributed by atoms with van der Waals surface area (Å²) in [5, 5.41) is 2.85. The molecule has 0 unspecified atom stereocenters. The van der Waals surface area contributed by atoms with E-state index < -0.39 is 10.0 Å². The minimum Gasteiger partial charge on any atom is -0.352 e. The summed E-state index contributed by atoms with van der Waals surface area (Å²) in [6, 6.07) is 9.81. The molecule has 1 saturated heterocycles. The number of nitrogens with zero attached hydrogens (tertiary/aromatic N) is 3. The molecule has 176 valence electrons. The van der Waals surface area contributed by atoms with Crippen LogP contribution in [0.15, 0.2) is 41.3 Å². The number of amides is 1. The molecule has 1 aliphatic heterocycles. The molecule has 1 amide bonds. The van der Waals surface area contributed by atoms with E-state index in [1.165, 1.54) is 6.07 Å². The molecule has 0 spiro atoms. The topological polar surface area (TPSA) is 84.3 Å². The van der Waals surface area contributed by atoms with Crippen molar-refractivity contribution in [3.8, 4) is 0 Å². The van der Waals surface area contributed by atoms with Gasteiger partial charge in [-0.05, 0) is 55.2 Å². The standard InChI is InChI=1S/C24H29FN4O3S/c1-17-14-18(6-8-20(17)25)16-26-24(30)11-10-23-27-21-15-19(7-9-22(21)28(23)2)33(31,32)29-12-4-3-5-13-29/h6-9,14-15H,3-5,10-13,16H2,1-2H3,(H,26,30). The number of rotatable bonds is 7. The number of halogens is 1. The third-order valence-electron chi connectivity index (χ3n) is 6.19. The second-order valence-corrected chi connectivity index (χ2v) is 10.5. The number of benzene rings is 2. The zero-order chi connectivity index (χ0) is 23.6. The Morgan fingerprint density at radius 1 is 1.12 bits per heavy atom. The van der Waals surface area contributed by atoms with Crippen molar-refractivity contribution in [3.63, 3.8) is 0 Å². The zero-order valence-corrected chi connectivity index (χ0v) is 19.8. The van der Waals surface area contributed by atoms with Crippen molar-refractivity contribution in [1.29, 1.82) is 0 Å². The van der Waals surface area contributed by atoms with Crippen LogP contribution in [0, 0.1) is 12.7 Å². The lowest BCUT2D eigenvalue weighted by molar-refractivity contribution is -0.121. The van der Waals surface area contributed by atoms with E-state index in [0.717, 1.165) is 30.3 Å². The zero-order valence-electron chi connectivity index (χ0n) is 19.0. The monoisotopic (exact) mass is 472 g/mol. The van der Waals surface area contributed by atoms with Gasteiger partial charge in [-0.25, -0.2) is 17.8 Å². The second kappa shape index (κ2) is 9.61. The Balaban J connectivity index is 1.42. The summed E-state index contributed by atoms with van der Waals surface area (Å²) in [5.74, 6) is 0.321. The van der Waals surface area contributed by atoms with Crippen LogP contribution in [-0.2, 0) is 34.8 Å². The first kappa shape index (κ1) is 23.4. The minimum absolute atomic E-state index is 0.127. The number of aryl methyl sites for hydroxylation is 3. The van der Waals surface area contributed by atoms with Crippen molar-refractivity contribution in [1.82, 2.24) is 19.2 Å². The molecule has 2 aromatic carbocycles. The van der Waals surface area contributed by atoms with Crippen molar-refractivity contribution >= 4 is 27.0 Å². The van der Waals surface area contributed by atoms with Crippen LogP contribution in [0.5, 0.6) is 0 Å². The highest BCUT2D eigenvalue weighted by Crippen LogP contribution is 2.25. The fourth-order valence-corrected chi connectivity index (χ4v) is 5.74. The van der Waals surface area contributed by atoms with E-state index in [1.54, 1.807) is 41.6 Å². The maximum Gasteiger partial charge on any atom is 0.243 e. The van der Waals surface area contributed by atoms with Crippen LogP contribution >= 0.6 is 0 Å². The molecule has 3 aromatic rings. The van der Waals surface area contributed by atoms with Crippen LogP contribution in [0.4, 0.5) is 4.39 Å². The minimum atomic E-state index is -3.53. The molecule has 4 rings (SSSR count). The van der Waals surface area contributed by atoms with E-state index in [2.05, 4.69) is 10.3 Å². The Kier molecular flexibility index (Phi) is 6.81. The molecule has 7 nitrogen and oxygen atoms in total. The largest absolute Gasteiger partial charge is 0.352 e. The van der Waals surface area contributed by atoms with Gasteiger partial charge in [-0.1, -0.05) is 18.6 Å². The van der Waals surface area contributed by atoms with Gasteiger partial charge in [0.2, 0.25) is 15.9 Å². The highest BCUT2D eigenvalue weighted by molar-refractivity contribution is 7.89. The van der Waals surface area contributed by atoms with Crippen LogP contribution < -0.4 is 5.32 Å². The molecule has 0 aliphatic carbocycles. The lowest BCUT2D eigenvalue weighted by atomic mass is 10.1. The lowest BCUT2D eigenvalue weighted by Gasteiger charge is -2.25. The van der Waals surface area contributed by atoms with E-state index in [1.807, 2.05) is 11.6 Å². The van der Waals surface area contributed by atoms with Crippen LogP contribution in [0.2, 0.25) is 0 Å². The fraction of sp³-hybridized carbons (Fsp3) is 0.417. The molecule has 0 radical (unpaired) electrons. The number of sulfonamides is 1. The van der Waals surface area contributed by atoms with E-state index in [0.29, 0.717) is 43.0 Å². The molecule has 1 N–H and O–H groups in total. The fourth-order valence-electron chi connectivity index (χ4n) is 4.20. The van der Waals surface area contributed by atoms with Crippen LogP contribution in [0.25, 0.3) is 11.0 Å². The molecule has 0 saturated carbocycles. The Bertz CT molecular complexity index is 1280. The van der Waals surface area contributed by atoms with Crippen molar-refractivity contribution < 1.29 is 17.6 Å². The molecular weight excluding hydrogens is 443 g/mol. The molecule has 1 fully saturated rings. The van der Waals surface area contributed by atoms with Gasteiger partial charge in [0.05, 0.1) is 15.9 Å². The Morgan fingerprint density at radius 2 is 1.88 bits per heavy atom. The average Bonchev–Trinajstić information content (AvgIpc) is 3.14. The molecule has 0 bridgehead atoms. The van der Waals surface area contributed by atoms with Crippen molar-refractivity contribution in [2.75, 3.05) is 13.1 Å². The van der Waals surface area contributed by atoms with Crippen molar-refractivity contribution in [2.45, 2.75) is 50.5 Å². The smallest absolute Gasteiger partial charge is 0.243 e. The average molecular weight is 473 g/mol. The summed E-state index contributed by atoms with van der Waals surface area (Å²) in [7, 11) is -1.66. The number of fused-ring (bicyclic) bond motifs is 1. The SMILES string of the molecule is Cc1cc(CNC(=O)CCc2nc3cc(S(=O)(=O)N4CCCCC4)ccc3n2C)ccc1F. The van der Waals surface area contributed by atoms with Crippen LogP contribution in [0.3, 0.4) is 0 Å². The third-order valence-corrected chi connectivity index (χ3v) is 8.08. The number of hydrogen-bond donors (Lipinski definition) is 1. The normalized spacial score (nSPS) is 15.1. The first-order valence-corrected chi connectivity index (χ1v) is 12.7. The molecule has 0 atom stereocenters. The summed E-state index contributed by atoms with van der Waals surface area (Å²) in [4.78, 5) is 17.2. The van der Waals surface area contributed by atoms with Gasteiger partial charge >= 0.3 is 0 Å². The third kappa shape index (κ3) is 5.09. The Morgan fingerprint density at radius 3 is 2.61 bits per heavy atom. The van der Waals surface area contributed by atoms with E-state index >= 15 is 0 Å². The number of aromatic nitrogens is 2. The van der Waals surface area contributed by atoms with Crippen molar-refractivity contribution in [2.24, 2.45) is 7.05 Å². The molecular formula is C24H29FN4O3S. The number of carbonyl (C=O) groups is 1. The summed E-state index contributed by atoms with van der Waals surface area (Å²) >= 11 is 0. The first-order valence-electron chi connectivity index (χ1n) is 11.2. The highest BCUT2D eigenvalue weighted by Gasteiger charge is 2.26. The van der Waals surface area contributed by atoms with Gasteiger partial charge in [0, 0.05) is 39.5 Å². The summed E-state index contributed by atoms with van der Waals surface area (Å²) in [5.41, 5.74) is 2.81. The number of nitrogens with one attached hydrogen (secondary N) is 1. The molecule has 1 aliphatic rings. The van der Waals surface area contributed by atoms with Gasteiger partial charge in [-0.15, -0.1) is 0 Å². The lowest BCUT2D eigenvalue weighted by Crippen LogP contribution is -2.35. The number of piperidine rings is 1. The first-order chi connectivity index (χ1) is 15.8. The van der Waals surface area contributed by atoms with Gasteiger partial charge in [0.25, 0.3) is 0 Å². The van der Waals surface area contributed by atoms with Gasteiger partial charge in [-0.3, -0.25) is 4.79 Å². The Hall–Kier alpha value is -2.78. The maximum atomic E-state index is 13.4. The molecule has 1 aromatic heterocycles. The predicted octanol–water partition coefficient (Wildman–Crippen LogP) is 3.44. The quantitative estimate of drug-likeness (QED) is 0.571. The molecule has 9 heteroatoms. The maximum absolute atomic E-state index is 13.4. The number of carbonyl (C=O) groups excluding carboxylic acids is 1. The van der Waals surface area contributed by atoms with Gasteiger partial charge < -0.3 is 9.88 Å². The Labute approximate surface area is 193 Å². The second-order valence-electron chi connectivity index (χ2n) is 8.56. The summed E-state index contributed by atoms with van der Waals surface area (Å²) in [6.45, 7) is 3.14. The summed E-state index contributed by atoms with van der Waals surface area (Å²) in [6.07, 6.45) is 3.51. The summed E-state index contributed by atoms with van der Waals surface area (Å²) < 4.78 is 42.8. The van der Waals surface area contributed by atoms with E-state index in [9.17, 15) is 17.6 Å². The molecule has 2 heterocycles. The number of imidazole rings is 1. The van der Waals surface area contributed by atoms with E-state index in [-0.39, 0.29) is 23.0 Å². The van der Waals surface area contributed by atoms with Gasteiger partial charge in [-0.2, -0.15) is 4.31 Å². The van der Waals surface area contributed by atoms with Crippen molar-refractivity contribution in [3.05, 3.63) is 59.2 Å².